The standard InChI is InChI=1S/C21H35N7O7/c1-11(2)17(28-18(31)13(23)7-12-9-24-10-25-12)20(33)27-15(8-16(29)30)19(32)26-14(21(34)35)5-3-4-6-22/h9-11,13-15,17H,3-8,22-23H2,1-2H3,(H,24,25)(H,26,32)(H,27,33)(H,28,31)(H,29,30)(H,34,35). The van der Waals surface area contributed by atoms with Crippen LogP contribution in [0.15, 0.2) is 12.5 Å². The molecule has 0 spiro atoms. The monoisotopic (exact) mass is 497 g/mol. The third kappa shape index (κ3) is 10.5. The van der Waals surface area contributed by atoms with Crippen LogP contribution in [0.3, 0.4) is 0 Å². The first-order chi connectivity index (χ1) is 16.5. The summed E-state index contributed by atoms with van der Waals surface area (Å²) in [5.41, 5.74) is 11.9. The molecule has 196 valence electrons. The van der Waals surface area contributed by atoms with E-state index in [4.69, 9.17) is 11.5 Å². The molecule has 0 radical (unpaired) electrons. The van der Waals surface area contributed by atoms with Gasteiger partial charge in [-0.3, -0.25) is 19.2 Å². The van der Waals surface area contributed by atoms with Gasteiger partial charge >= 0.3 is 11.9 Å². The zero-order chi connectivity index (χ0) is 26.5. The smallest absolute Gasteiger partial charge is 0.326 e. The van der Waals surface area contributed by atoms with Gasteiger partial charge in [-0.1, -0.05) is 13.8 Å². The Labute approximate surface area is 202 Å². The average molecular weight is 498 g/mol. The summed E-state index contributed by atoms with van der Waals surface area (Å²) < 4.78 is 0. The molecule has 1 aromatic heterocycles. The van der Waals surface area contributed by atoms with Crippen LogP contribution in [0.4, 0.5) is 0 Å². The number of rotatable bonds is 16. The second-order valence-electron chi connectivity index (χ2n) is 8.46. The Bertz CT molecular complexity index is 860. The Morgan fingerprint density at radius 2 is 1.66 bits per heavy atom. The van der Waals surface area contributed by atoms with E-state index in [1.54, 1.807) is 13.8 Å². The van der Waals surface area contributed by atoms with Crippen LogP contribution in [-0.2, 0) is 30.4 Å². The van der Waals surface area contributed by atoms with Gasteiger partial charge in [0.1, 0.15) is 18.1 Å². The van der Waals surface area contributed by atoms with Crippen molar-refractivity contribution in [3.8, 4) is 0 Å². The zero-order valence-corrected chi connectivity index (χ0v) is 19.8. The van der Waals surface area contributed by atoms with Gasteiger partial charge in [0, 0.05) is 18.3 Å². The van der Waals surface area contributed by atoms with E-state index in [-0.39, 0.29) is 12.8 Å². The number of aromatic nitrogens is 2. The van der Waals surface area contributed by atoms with E-state index >= 15 is 0 Å². The number of carbonyl (C=O) groups excluding carboxylic acids is 3. The second kappa shape index (κ2) is 14.7. The lowest BCUT2D eigenvalue weighted by atomic mass is 10.0. The maximum atomic E-state index is 12.9. The van der Waals surface area contributed by atoms with Gasteiger partial charge in [-0.15, -0.1) is 0 Å². The van der Waals surface area contributed by atoms with Gasteiger partial charge in [-0.2, -0.15) is 0 Å². The molecule has 0 aliphatic rings. The Hall–Kier alpha value is -3.52. The van der Waals surface area contributed by atoms with Crippen molar-refractivity contribution in [2.24, 2.45) is 17.4 Å². The minimum atomic E-state index is -1.56. The second-order valence-corrected chi connectivity index (χ2v) is 8.46. The summed E-state index contributed by atoms with van der Waals surface area (Å²) >= 11 is 0. The van der Waals surface area contributed by atoms with Crippen molar-refractivity contribution in [3.63, 3.8) is 0 Å². The predicted molar refractivity (Wildman–Crippen MR) is 124 cm³/mol. The molecule has 0 aliphatic carbocycles. The molecule has 0 bridgehead atoms. The highest BCUT2D eigenvalue weighted by Crippen LogP contribution is 2.07. The van der Waals surface area contributed by atoms with Crippen molar-refractivity contribution in [1.29, 1.82) is 0 Å². The minimum Gasteiger partial charge on any atom is -0.481 e. The van der Waals surface area contributed by atoms with Gasteiger partial charge in [-0.05, 0) is 31.7 Å². The topological polar surface area (TPSA) is 243 Å². The van der Waals surface area contributed by atoms with E-state index in [9.17, 15) is 34.2 Å². The van der Waals surface area contributed by atoms with Crippen molar-refractivity contribution in [2.75, 3.05) is 6.54 Å². The number of H-pyrrole nitrogens is 1. The molecule has 0 fully saturated rings. The van der Waals surface area contributed by atoms with Crippen LogP contribution in [0.1, 0.15) is 45.2 Å². The number of hydrogen-bond acceptors (Lipinski definition) is 8. The van der Waals surface area contributed by atoms with E-state index in [0.717, 1.165) is 0 Å². The molecule has 3 amide bonds. The van der Waals surface area contributed by atoms with E-state index in [1.165, 1.54) is 12.5 Å². The van der Waals surface area contributed by atoms with Crippen LogP contribution >= 0.6 is 0 Å². The van der Waals surface area contributed by atoms with Gasteiger partial charge in [0.2, 0.25) is 17.7 Å². The first-order valence-electron chi connectivity index (χ1n) is 11.2. The molecule has 4 unspecified atom stereocenters. The Morgan fingerprint density at radius 1 is 1.00 bits per heavy atom. The molecule has 4 atom stereocenters. The van der Waals surface area contributed by atoms with Crippen molar-refractivity contribution < 1.29 is 34.2 Å². The summed E-state index contributed by atoms with van der Waals surface area (Å²) in [5, 5.41) is 25.7. The molecule has 0 saturated heterocycles. The molecular weight excluding hydrogens is 462 g/mol. The number of aromatic amines is 1. The quantitative estimate of drug-likeness (QED) is 0.118. The van der Waals surface area contributed by atoms with Crippen LogP contribution < -0.4 is 27.4 Å². The average Bonchev–Trinajstić information content (AvgIpc) is 3.28. The maximum absolute atomic E-state index is 12.9. The van der Waals surface area contributed by atoms with E-state index < -0.39 is 66.2 Å². The highest BCUT2D eigenvalue weighted by Gasteiger charge is 2.32. The third-order valence-electron chi connectivity index (χ3n) is 5.15. The van der Waals surface area contributed by atoms with Crippen LogP contribution in [0.25, 0.3) is 0 Å². The number of carboxylic acid groups (broad SMARTS) is 2. The van der Waals surface area contributed by atoms with Gasteiger partial charge in [0.15, 0.2) is 0 Å². The fourth-order valence-corrected chi connectivity index (χ4v) is 3.19. The molecule has 35 heavy (non-hydrogen) atoms. The lowest BCUT2D eigenvalue weighted by molar-refractivity contribution is -0.144. The molecule has 10 N–H and O–H groups in total. The van der Waals surface area contributed by atoms with Gasteiger partial charge in [0.25, 0.3) is 0 Å². The Balaban J connectivity index is 2.88. The first kappa shape index (κ1) is 29.5. The number of hydrogen-bond donors (Lipinski definition) is 8. The molecular formula is C21H35N7O7. The van der Waals surface area contributed by atoms with Crippen molar-refractivity contribution in [1.82, 2.24) is 25.9 Å². The van der Waals surface area contributed by atoms with E-state index in [2.05, 4.69) is 25.9 Å². The molecule has 0 saturated carbocycles. The number of carboxylic acids is 2. The zero-order valence-electron chi connectivity index (χ0n) is 19.8. The fraction of sp³-hybridized carbons (Fsp3) is 0.619. The van der Waals surface area contributed by atoms with Crippen molar-refractivity contribution in [2.45, 2.75) is 70.1 Å². The molecule has 14 nitrogen and oxygen atoms in total. The summed E-state index contributed by atoms with van der Waals surface area (Å²) in [6.07, 6.45) is 3.37. The van der Waals surface area contributed by atoms with E-state index in [0.29, 0.717) is 25.1 Å². The molecule has 1 rings (SSSR count). The maximum Gasteiger partial charge on any atom is 0.326 e. The van der Waals surface area contributed by atoms with Crippen molar-refractivity contribution in [3.05, 3.63) is 18.2 Å². The number of imidazole rings is 1. The number of nitrogens with one attached hydrogen (secondary N) is 4. The number of amides is 3. The number of nitrogens with two attached hydrogens (primary N) is 2. The van der Waals surface area contributed by atoms with E-state index in [1.807, 2.05) is 0 Å². The normalized spacial score (nSPS) is 14.4. The molecule has 0 aliphatic heterocycles. The third-order valence-corrected chi connectivity index (χ3v) is 5.15. The number of nitrogens with zero attached hydrogens (tertiary/aromatic N) is 1. The highest BCUT2D eigenvalue weighted by atomic mass is 16.4. The van der Waals surface area contributed by atoms with Gasteiger partial charge in [0.05, 0.1) is 18.8 Å². The van der Waals surface area contributed by atoms with Gasteiger partial charge < -0.3 is 42.6 Å². The first-order valence-corrected chi connectivity index (χ1v) is 11.2. The Morgan fingerprint density at radius 3 is 2.17 bits per heavy atom. The fourth-order valence-electron chi connectivity index (χ4n) is 3.19. The van der Waals surface area contributed by atoms with Crippen molar-refractivity contribution >= 4 is 29.7 Å². The lowest BCUT2D eigenvalue weighted by Crippen LogP contribution is -2.58. The lowest BCUT2D eigenvalue weighted by Gasteiger charge is -2.26. The summed E-state index contributed by atoms with van der Waals surface area (Å²) in [4.78, 5) is 67.5. The summed E-state index contributed by atoms with van der Waals surface area (Å²) in [6, 6.07) is -4.96. The molecule has 1 aromatic rings. The highest BCUT2D eigenvalue weighted by molar-refractivity contribution is 5.95. The number of unbranched alkanes of at least 4 members (excludes halogenated alkanes) is 1. The summed E-state index contributed by atoms with van der Waals surface area (Å²) in [6.45, 7) is 3.65. The summed E-state index contributed by atoms with van der Waals surface area (Å²) in [7, 11) is 0. The largest absolute Gasteiger partial charge is 0.481 e. The SMILES string of the molecule is CC(C)C(NC(=O)C(N)Cc1cnc[nH]1)C(=O)NC(CC(=O)O)C(=O)NC(CCCCN)C(=O)O. The van der Waals surface area contributed by atoms with Gasteiger partial charge in [-0.25, -0.2) is 9.78 Å². The predicted octanol–water partition coefficient (Wildman–Crippen LogP) is -1.92. The minimum absolute atomic E-state index is 0.0882. The number of carbonyl (C=O) groups is 5. The molecule has 0 aromatic carbocycles. The van der Waals surface area contributed by atoms with Crippen LogP contribution in [0, 0.1) is 5.92 Å². The summed E-state index contributed by atoms with van der Waals surface area (Å²) in [5.74, 6) is -5.51. The van der Waals surface area contributed by atoms with Crippen LogP contribution in [-0.4, -0.2) is 80.6 Å². The molecule has 14 heteroatoms. The Kier molecular flexibility index (Phi) is 12.4. The van der Waals surface area contributed by atoms with Crippen LogP contribution in [0.2, 0.25) is 0 Å². The van der Waals surface area contributed by atoms with Crippen LogP contribution in [0.5, 0.6) is 0 Å². The number of aliphatic carboxylic acids is 2. The molecule has 1 heterocycles.